The minimum Gasteiger partial charge on any atom is -0.449 e. The molecule has 0 spiro atoms. The minimum atomic E-state index is -3.37. The summed E-state index contributed by atoms with van der Waals surface area (Å²) >= 11 is 0. The fourth-order valence-electron chi connectivity index (χ4n) is 2.91. The number of amides is 1. The van der Waals surface area contributed by atoms with Gasteiger partial charge in [0, 0.05) is 12.6 Å². The van der Waals surface area contributed by atoms with Crippen molar-refractivity contribution in [3.63, 3.8) is 0 Å². The Hall–Kier alpha value is -2.09. The number of sulfonamides is 1. The van der Waals surface area contributed by atoms with Crippen LogP contribution in [0.4, 0.5) is 5.69 Å². The standard InChI is InChI=1S/C17H24N2O5S/c1-5-8-18-16(20)12(3)24-17(21)13-6-7-15-14(10-13)9-11(2)19(15)25(4,22)23/h6-7,10-12H,5,8-9H2,1-4H3,(H,18,20)/t11-,12-/m0/s1. The van der Waals surface area contributed by atoms with Gasteiger partial charge in [0.1, 0.15) is 0 Å². The molecule has 0 radical (unpaired) electrons. The molecule has 138 valence electrons. The van der Waals surface area contributed by atoms with Crippen molar-refractivity contribution >= 4 is 27.6 Å². The number of benzene rings is 1. The van der Waals surface area contributed by atoms with Gasteiger partial charge >= 0.3 is 5.97 Å². The number of nitrogens with zero attached hydrogens (tertiary/aromatic N) is 1. The number of nitrogens with one attached hydrogen (secondary N) is 1. The highest BCUT2D eigenvalue weighted by Gasteiger charge is 2.33. The Morgan fingerprint density at radius 2 is 2.08 bits per heavy atom. The van der Waals surface area contributed by atoms with Crippen molar-refractivity contribution < 1.29 is 22.7 Å². The van der Waals surface area contributed by atoms with Crippen molar-refractivity contribution in [3.05, 3.63) is 29.3 Å². The molecule has 1 aromatic carbocycles. The monoisotopic (exact) mass is 368 g/mol. The number of esters is 1. The molecule has 8 heteroatoms. The van der Waals surface area contributed by atoms with E-state index < -0.39 is 22.1 Å². The average molecular weight is 368 g/mol. The largest absolute Gasteiger partial charge is 0.449 e. The summed E-state index contributed by atoms with van der Waals surface area (Å²) in [6.45, 7) is 5.80. The Morgan fingerprint density at radius 1 is 1.40 bits per heavy atom. The van der Waals surface area contributed by atoms with Gasteiger partial charge in [-0.25, -0.2) is 13.2 Å². The molecule has 0 aliphatic carbocycles. The molecule has 1 aliphatic rings. The van der Waals surface area contributed by atoms with Gasteiger partial charge in [0.15, 0.2) is 6.10 Å². The summed E-state index contributed by atoms with van der Waals surface area (Å²) in [5.74, 6) is -0.944. The quantitative estimate of drug-likeness (QED) is 0.768. The van der Waals surface area contributed by atoms with Gasteiger partial charge in [-0.05, 0) is 50.5 Å². The predicted molar refractivity (Wildman–Crippen MR) is 95.1 cm³/mol. The van der Waals surface area contributed by atoms with Crippen LogP contribution in [0.1, 0.15) is 43.1 Å². The molecule has 7 nitrogen and oxygen atoms in total. The van der Waals surface area contributed by atoms with Gasteiger partial charge in [-0.3, -0.25) is 9.10 Å². The number of fused-ring (bicyclic) bond motifs is 1. The zero-order chi connectivity index (χ0) is 18.8. The zero-order valence-corrected chi connectivity index (χ0v) is 15.7. The summed E-state index contributed by atoms with van der Waals surface area (Å²) in [6, 6.07) is 4.57. The van der Waals surface area contributed by atoms with Crippen LogP contribution in [0.25, 0.3) is 0 Å². The molecule has 1 N–H and O–H groups in total. The molecule has 0 fully saturated rings. The van der Waals surface area contributed by atoms with Crippen LogP contribution in [0.15, 0.2) is 18.2 Å². The van der Waals surface area contributed by atoms with Gasteiger partial charge in [0.2, 0.25) is 10.0 Å². The number of hydrogen-bond acceptors (Lipinski definition) is 5. The molecule has 0 saturated heterocycles. The number of anilines is 1. The van der Waals surface area contributed by atoms with Crippen molar-refractivity contribution in [2.24, 2.45) is 0 Å². The molecular formula is C17H24N2O5S. The van der Waals surface area contributed by atoms with E-state index in [2.05, 4.69) is 5.32 Å². The average Bonchev–Trinajstić information content (AvgIpc) is 2.86. The number of ether oxygens (including phenoxy) is 1. The Labute approximate surface area is 148 Å². The highest BCUT2D eigenvalue weighted by molar-refractivity contribution is 7.92. The lowest BCUT2D eigenvalue weighted by Gasteiger charge is -2.22. The molecule has 0 unspecified atom stereocenters. The van der Waals surface area contributed by atoms with Crippen LogP contribution in [-0.2, 0) is 26.0 Å². The second-order valence-corrected chi connectivity index (χ2v) is 8.15. The van der Waals surface area contributed by atoms with Crippen LogP contribution in [-0.4, -0.2) is 45.2 Å². The third kappa shape index (κ3) is 4.31. The summed E-state index contributed by atoms with van der Waals surface area (Å²) in [5, 5.41) is 2.67. The van der Waals surface area contributed by atoms with Crippen LogP contribution in [0, 0.1) is 0 Å². The van der Waals surface area contributed by atoms with Crippen molar-refractivity contribution in [1.82, 2.24) is 5.32 Å². The Morgan fingerprint density at radius 3 is 2.68 bits per heavy atom. The maximum Gasteiger partial charge on any atom is 0.338 e. The zero-order valence-electron chi connectivity index (χ0n) is 14.9. The Bertz CT molecular complexity index is 775. The Kier molecular flexibility index (Phi) is 5.72. The van der Waals surface area contributed by atoms with Crippen molar-refractivity contribution in [3.8, 4) is 0 Å². The lowest BCUT2D eigenvalue weighted by Crippen LogP contribution is -2.36. The Balaban J connectivity index is 2.14. The number of hydrogen-bond donors (Lipinski definition) is 1. The predicted octanol–water partition coefficient (Wildman–Crippen LogP) is 1.47. The molecule has 0 aromatic heterocycles. The molecular weight excluding hydrogens is 344 g/mol. The minimum absolute atomic E-state index is 0.199. The smallest absolute Gasteiger partial charge is 0.338 e. The van der Waals surface area contributed by atoms with Gasteiger partial charge in [-0.15, -0.1) is 0 Å². The van der Waals surface area contributed by atoms with Crippen molar-refractivity contribution in [2.75, 3.05) is 17.1 Å². The lowest BCUT2D eigenvalue weighted by molar-refractivity contribution is -0.129. The van der Waals surface area contributed by atoms with Crippen LogP contribution in [0.3, 0.4) is 0 Å². The van der Waals surface area contributed by atoms with Gasteiger partial charge in [0.25, 0.3) is 5.91 Å². The second kappa shape index (κ2) is 7.43. The van der Waals surface area contributed by atoms with Crippen molar-refractivity contribution in [2.45, 2.75) is 45.8 Å². The summed E-state index contributed by atoms with van der Waals surface area (Å²) in [5.41, 5.74) is 1.66. The first kappa shape index (κ1) is 19.2. The lowest BCUT2D eigenvalue weighted by atomic mass is 10.1. The van der Waals surface area contributed by atoms with E-state index in [1.54, 1.807) is 12.1 Å². The van der Waals surface area contributed by atoms with Crippen LogP contribution in [0.5, 0.6) is 0 Å². The van der Waals surface area contributed by atoms with Gasteiger partial charge < -0.3 is 10.1 Å². The van der Waals surface area contributed by atoms with E-state index in [0.29, 0.717) is 24.2 Å². The van der Waals surface area contributed by atoms with Gasteiger partial charge in [-0.1, -0.05) is 6.92 Å². The van der Waals surface area contributed by atoms with Crippen LogP contribution >= 0.6 is 0 Å². The highest BCUT2D eigenvalue weighted by atomic mass is 32.2. The van der Waals surface area contributed by atoms with E-state index >= 15 is 0 Å². The SMILES string of the molecule is CCCNC(=O)[C@H](C)OC(=O)c1ccc2c(c1)C[C@H](C)N2S(C)(=O)=O. The molecule has 25 heavy (non-hydrogen) atoms. The van der Waals surface area contributed by atoms with E-state index in [1.807, 2.05) is 13.8 Å². The van der Waals surface area contributed by atoms with E-state index in [-0.39, 0.29) is 11.9 Å². The first-order valence-corrected chi connectivity index (χ1v) is 10.1. The molecule has 1 amide bonds. The molecule has 0 bridgehead atoms. The molecule has 2 rings (SSSR count). The molecule has 1 aliphatic heterocycles. The van der Waals surface area contributed by atoms with Gasteiger partial charge in [-0.2, -0.15) is 0 Å². The topological polar surface area (TPSA) is 92.8 Å². The van der Waals surface area contributed by atoms with Gasteiger partial charge in [0.05, 0.1) is 17.5 Å². The third-order valence-corrected chi connectivity index (χ3v) is 5.30. The molecule has 0 saturated carbocycles. The summed E-state index contributed by atoms with van der Waals surface area (Å²) in [7, 11) is -3.37. The summed E-state index contributed by atoms with van der Waals surface area (Å²) in [6.07, 6.45) is 1.60. The second-order valence-electron chi connectivity index (χ2n) is 6.29. The number of carbonyl (C=O) groups excluding carboxylic acids is 2. The summed E-state index contributed by atoms with van der Waals surface area (Å²) < 4.78 is 30.4. The molecule has 2 atom stereocenters. The molecule has 1 aromatic rings. The van der Waals surface area contributed by atoms with E-state index in [9.17, 15) is 18.0 Å². The maximum absolute atomic E-state index is 12.3. The first-order chi connectivity index (χ1) is 11.6. The normalized spacial score (nSPS) is 17.8. The van der Waals surface area contributed by atoms with Crippen LogP contribution < -0.4 is 9.62 Å². The molecule has 1 heterocycles. The first-order valence-electron chi connectivity index (χ1n) is 8.26. The van der Waals surface area contributed by atoms with E-state index in [1.165, 1.54) is 17.3 Å². The number of carbonyl (C=O) groups is 2. The van der Waals surface area contributed by atoms with Crippen molar-refractivity contribution in [1.29, 1.82) is 0 Å². The summed E-state index contributed by atoms with van der Waals surface area (Å²) in [4.78, 5) is 24.0. The fraction of sp³-hybridized carbons (Fsp3) is 0.529. The fourth-order valence-corrected chi connectivity index (χ4v) is 4.17. The number of rotatable bonds is 6. The van der Waals surface area contributed by atoms with E-state index in [4.69, 9.17) is 4.74 Å². The van der Waals surface area contributed by atoms with E-state index in [0.717, 1.165) is 18.2 Å². The van der Waals surface area contributed by atoms with Crippen LogP contribution in [0.2, 0.25) is 0 Å². The highest BCUT2D eigenvalue weighted by Crippen LogP contribution is 2.34. The third-order valence-electron chi connectivity index (χ3n) is 4.03. The maximum atomic E-state index is 12.3.